The molecule has 0 bridgehead atoms. The van der Waals surface area contributed by atoms with Crippen LogP contribution in [0.2, 0.25) is 0 Å². The third-order valence-corrected chi connectivity index (χ3v) is 2.09. The highest BCUT2D eigenvalue weighted by atomic mass is 79.9. The zero-order valence-corrected chi connectivity index (χ0v) is 8.24. The fourth-order valence-electron chi connectivity index (χ4n) is 0.849. The fourth-order valence-corrected chi connectivity index (χ4v) is 1.30. The van der Waals surface area contributed by atoms with Crippen molar-refractivity contribution in [2.24, 2.45) is 0 Å². The van der Waals surface area contributed by atoms with Crippen molar-refractivity contribution in [1.82, 2.24) is 0 Å². The maximum Gasteiger partial charge on any atom is 0.160 e. The molecule has 2 nitrogen and oxygen atoms in total. The molecular weight excluding hydrogens is 244 g/mol. The number of hydrogen-bond donors (Lipinski definition) is 2. The molecule has 0 saturated carbocycles. The number of nitrogens with one attached hydrogen (secondary N) is 1. The largest absolute Gasteiger partial charge is 0.395 e. The average molecular weight is 252 g/mol. The molecular formula is C8H8BrF2NO. The minimum Gasteiger partial charge on any atom is -0.395 e. The fraction of sp³-hybridized carbons (Fsp3) is 0.250. The SMILES string of the molecule is OCCNc1cc(F)c(F)cc1Br. The second-order valence-electron chi connectivity index (χ2n) is 2.40. The van der Waals surface area contributed by atoms with E-state index in [0.29, 0.717) is 16.7 Å². The molecule has 72 valence electrons. The first-order valence-corrected chi connectivity index (χ1v) is 4.43. The van der Waals surface area contributed by atoms with E-state index in [0.717, 1.165) is 12.1 Å². The lowest BCUT2D eigenvalue weighted by molar-refractivity contribution is 0.311. The van der Waals surface area contributed by atoms with E-state index in [-0.39, 0.29) is 6.61 Å². The molecule has 0 aliphatic carbocycles. The molecule has 0 radical (unpaired) electrons. The van der Waals surface area contributed by atoms with Gasteiger partial charge in [-0.1, -0.05) is 0 Å². The Balaban J connectivity index is 2.88. The first kappa shape index (κ1) is 10.4. The Labute approximate surface area is 82.7 Å². The molecule has 0 atom stereocenters. The van der Waals surface area contributed by atoms with Gasteiger partial charge in [-0.25, -0.2) is 8.78 Å². The van der Waals surface area contributed by atoms with Gasteiger partial charge < -0.3 is 10.4 Å². The molecule has 1 aromatic carbocycles. The van der Waals surface area contributed by atoms with Crippen LogP contribution in [0.3, 0.4) is 0 Å². The Kier molecular flexibility index (Phi) is 3.62. The smallest absolute Gasteiger partial charge is 0.160 e. The van der Waals surface area contributed by atoms with E-state index in [1.165, 1.54) is 0 Å². The molecule has 0 aromatic heterocycles. The van der Waals surface area contributed by atoms with Gasteiger partial charge in [0.25, 0.3) is 0 Å². The lowest BCUT2D eigenvalue weighted by atomic mass is 10.3. The van der Waals surface area contributed by atoms with Crippen LogP contribution in [-0.2, 0) is 0 Å². The van der Waals surface area contributed by atoms with Crippen LogP contribution >= 0.6 is 15.9 Å². The average Bonchev–Trinajstić information content (AvgIpc) is 2.09. The predicted molar refractivity (Wildman–Crippen MR) is 49.6 cm³/mol. The summed E-state index contributed by atoms with van der Waals surface area (Å²) in [4.78, 5) is 0. The quantitative estimate of drug-likeness (QED) is 0.807. The Morgan fingerprint density at radius 2 is 1.92 bits per heavy atom. The molecule has 2 N–H and O–H groups in total. The van der Waals surface area contributed by atoms with Gasteiger partial charge in [0.1, 0.15) is 0 Å². The summed E-state index contributed by atoms with van der Waals surface area (Å²) >= 11 is 3.06. The van der Waals surface area contributed by atoms with Gasteiger partial charge in [0, 0.05) is 17.1 Å². The number of rotatable bonds is 3. The molecule has 0 spiro atoms. The summed E-state index contributed by atoms with van der Waals surface area (Å²) in [6.45, 7) is 0.231. The summed E-state index contributed by atoms with van der Waals surface area (Å²) < 4.78 is 25.7. The molecule has 1 aromatic rings. The summed E-state index contributed by atoms with van der Waals surface area (Å²) in [6.07, 6.45) is 0. The number of anilines is 1. The van der Waals surface area contributed by atoms with Crippen LogP contribution in [-0.4, -0.2) is 18.3 Å². The number of hydrogen-bond acceptors (Lipinski definition) is 2. The Morgan fingerprint density at radius 1 is 1.31 bits per heavy atom. The summed E-state index contributed by atoms with van der Waals surface area (Å²) in [5.74, 6) is -1.81. The van der Waals surface area contributed by atoms with Crippen LogP contribution in [0.5, 0.6) is 0 Å². The van der Waals surface area contributed by atoms with Crippen molar-refractivity contribution >= 4 is 21.6 Å². The maximum atomic E-state index is 12.7. The molecule has 0 fully saturated rings. The second kappa shape index (κ2) is 4.53. The van der Waals surface area contributed by atoms with Gasteiger partial charge in [-0.15, -0.1) is 0 Å². The van der Waals surface area contributed by atoms with Crippen LogP contribution < -0.4 is 5.32 Å². The molecule has 0 amide bonds. The van der Waals surface area contributed by atoms with E-state index in [1.54, 1.807) is 0 Å². The van der Waals surface area contributed by atoms with E-state index in [1.807, 2.05) is 0 Å². The molecule has 0 unspecified atom stereocenters. The number of aliphatic hydroxyl groups is 1. The van der Waals surface area contributed by atoms with Gasteiger partial charge in [-0.3, -0.25) is 0 Å². The number of aliphatic hydroxyl groups excluding tert-OH is 1. The molecule has 0 heterocycles. The van der Waals surface area contributed by atoms with Crippen molar-refractivity contribution in [2.45, 2.75) is 0 Å². The monoisotopic (exact) mass is 251 g/mol. The Morgan fingerprint density at radius 3 is 2.54 bits per heavy atom. The molecule has 1 rings (SSSR count). The first-order valence-electron chi connectivity index (χ1n) is 3.64. The molecule has 5 heteroatoms. The molecule has 13 heavy (non-hydrogen) atoms. The van der Waals surface area contributed by atoms with Crippen molar-refractivity contribution in [2.75, 3.05) is 18.5 Å². The van der Waals surface area contributed by atoms with E-state index < -0.39 is 11.6 Å². The minimum atomic E-state index is -0.913. The highest BCUT2D eigenvalue weighted by Gasteiger charge is 2.06. The summed E-state index contributed by atoms with van der Waals surface area (Å²) in [6, 6.07) is 2.07. The zero-order chi connectivity index (χ0) is 9.84. The van der Waals surface area contributed by atoms with Crippen molar-refractivity contribution < 1.29 is 13.9 Å². The summed E-state index contributed by atoms with van der Waals surface area (Å²) in [5, 5.41) is 11.2. The van der Waals surface area contributed by atoms with Crippen LogP contribution in [0, 0.1) is 11.6 Å². The standard InChI is InChI=1S/C8H8BrF2NO/c9-5-3-6(10)7(11)4-8(5)12-1-2-13/h3-4,12-13H,1-2H2. The first-order chi connectivity index (χ1) is 6.15. The van der Waals surface area contributed by atoms with Crippen molar-refractivity contribution in [3.05, 3.63) is 28.2 Å². The Hall–Kier alpha value is -0.680. The second-order valence-corrected chi connectivity index (χ2v) is 3.25. The van der Waals surface area contributed by atoms with E-state index in [2.05, 4.69) is 21.2 Å². The minimum absolute atomic E-state index is 0.0641. The molecule has 0 saturated heterocycles. The van der Waals surface area contributed by atoms with Gasteiger partial charge in [0.15, 0.2) is 11.6 Å². The Bertz CT molecular complexity index is 306. The van der Waals surface area contributed by atoms with Crippen LogP contribution in [0.1, 0.15) is 0 Å². The van der Waals surface area contributed by atoms with Crippen LogP contribution in [0.4, 0.5) is 14.5 Å². The van der Waals surface area contributed by atoms with Gasteiger partial charge >= 0.3 is 0 Å². The van der Waals surface area contributed by atoms with Crippen LogP contribution in [0.15, 0.2) is 16.6 Å². The topological polar surface area (TPSA) is 32.3 Å². The lowest BCUT2D eigenvalue weighted by Crippen LogP contribution is -2.06. The number of halogens is 3. The highest BCUT2D eigenvalue weighted by molar-refractivity contribution is 9.10. The third kappa shape index (κ3) is 2.63. The summed E-state index contributed by atoms with van der Waals surface area (Å²) in [7, 11) is 0. The highest BCUT2D eigenvalue weighted by Crippen LogP contribution is 2.24. The summed E-state index contributed by atoms with van der Waals surface area (Å²) in [5.41, 5.74) is 0.424. The maximum absolute atomic E-state index is 12.7. The third-order valence-electron chi connectivity index (χ3n) is 1.44. The number of benzene rings is 1. The van der Waals surface area contributed by atoms with Gasteiger partial charge in [-0.2, -0.15) is 0 Å². The van der Waals surface area contributed by atoms with Crippen LogP contribution in [0.25, 0.3) is 0 Å². The van der Waals surface area contributed by atoms with E-state index in [9.17, 15) is 8.78 Å². The van der Waals surface area contributed by atoms with E-state index in [4.69, 9.17) is 5.11 Å². The predicted octanol–water partition coefficient (Wildman–Crippen LogP) is 2.13. The van der Waals surface area contributed by atoms with Gasteiger partial charge in [0.05, 0.1) is 12.3 Å². The van der Waals surface area contributed by atoms with E-state index >= 15 is 0 Å². The lowest BCUT2D eigenvalue weighted by Gasteiger charge is -2.07. The normalized spacial score (nSPS) is 10.2. The molecule has 0 aliphatic rings. The molecule has 0 aliphatic heterocycles. The van der Waals surface area contributed by atoms with Crippen molar-refractivity contribution in [3.63, 3.8) is 0 Å². The van der Waals surface area contributed by atoms with Gasteiger partial charge in [0.2, 0.25) is 0 Å². The zero-order valence-electron chi connectivity index (χ0n) is 6.65. The van der Waals surface area contributed by atoms with Crippen molar-refractivity contribution in [3.8, 4) is 0 Å². The van der Waals surface area contributed by atoms with Crippen molar-refractivity contribution in [1.29, 1.82) is 0 Å². The van der Waals surface area contributed by atoms with Gasteiger partial charge in [-0.05, 0) is 22.0 Å².